The molecule has 2 fully saturated rings. The van der Waals surface area contributed by atoms with E-state index >= 15 is 0 Å². The predicted molar refractivity (Wildman–Crippen MR) is 102 cm³/mol. The third-order valence-corrected chi connectivity index (χ3v) is 6.38. The Labute approximate surface area is 165 Å². The zero-order valence-corrected chi connectivity index (χ0v) is 16.4. The van der Waals surface area contributed by atoms with Gasteiger partial charge < -0.3 is 9.47 Å². The second-order valence-corrected chi connectivity index (χ2v) is 7.64. The first kappa shape index (κ1) is 19.9. The number of nitriles is 3. The van der Waals surface area contributed by atoms with Crippen LogP contribution in [0.2, 0.25) is 0 Å². The molecule has 3 rings (SSSR count). The molecule has 0 aliphatic carbocycles. The van der Waals surface area contributed by atoms with Crippen LogP contribution in [0.15, 0.2) is 30.3 Å². The highest BCUT2D eigenvalue weighted by molar-refractivity contribution is 5.89. The number of ether oxygens (including phenoxy) is 2. The summed E-state index contributed by atoms with van der Waals surface area (Å²) in [6.07, 6.45) is 0.779. The molecule has 6 nitrogen and oxygen atoms in total. The Bertz CT molecular complexity index is 880. The highest BCUT2D eigenvalue weighted by atomic mass is 16.7. The van der Waals surface area contributed by atoms with Crippen molar-refractivity contribution < 1.29 is 9.47 Å². The fourth-order valence-corrected chi connectivity index (χ4v) is 5.10. The summed E-state index contributed by atoms with van der Waals surface area (Å²) >= 11 is 0. The number of nitrogens with one attached hydrogen (secondary N) is 1. The number of hydrogen-bond acceptors (Lipinski definition) is 6. The standard InChI is InChI=1S/C22H24N4O2/c1-4-11-22-17(5-2)21(14-25,19(26)28-22)20(12-23,13-24)18(27-22)15(3)16-9-7-6-8-10-16/h6-10,15,17-18,26H,4-5,11H2,1-3H3. The molecule has 2 heterocycles. The normalized spacial score (nSPS) is 33.8. The molecule has 0 amide bonds. The van der Waals surface area contributed by atoms with Crippen LogP contribution < -0.4 is 0 Å². The Morgan fingerprint density at radius 1 is 1.11 bits per heavy atom. The fourth-order valence-electron chi connectivity index (χ4n) is 5.10. The maximum Gasteiger partial charge on any atom is 0.217 e. The van der Waals surface area contributed by atoms with E-state index < -0.39 is 28.6 Å². The van der Waals surface area contributed by atoms with Crippen LogP contribution in [-0.2, 0) is 9.47 Å². The van der Waals surface area contributed by atoms with Gasteiger partial charge in [0.2, 0.25) is 11.7 Å². The lowest BCUT2D eigenvalue weighted by molar-refractivity contribution is -0.287. The summed E-state index contributed by atoms with van der Waals surface area (Å²) in [5.41, 5.74) is -2.60. The number of benzene rings is 1. The molecular weight excluding hydrogens is 352 g/mol. The first-order chi connectivity index (χ1) is 13.4. The minimum atomic E-state index is -1.84. The Kier molecular flexibility index (Phi) is 4.92. The number of fused-ring (bicyclic) bond motifs is 2. The van der Waals surface area contributed by atoms with Gasteiger partial charge in [-0.3, -0.25) is 5.41 Å². The van der Waals surface area contributed by atoms with Crippen molar-refractivity contribution in [3.05, 3.63) is 35.9 Å². The van der Waals surface area contributed by atoms with Gasteiger partial charge in [0, 0.05) is 12.3 Å². The largest absolute Gasteiger partial charge is 0.447 e. The van der Waals surface area contributed by atoms with Crippen LogP contribution in [0.5, 0.6) is 0 Å². The Morgan fingerprint density at radius 3 is 2.25 bits per heavy atom. The van der Waals surface area contributed by atoms with E-state index in [-0.39, 0.29) is 11.8 Å². The van der Waals surface area contributed by atoms with Gasteiger partial charge in [-0.15, -0.1) is 0 Å². The summed E-state index contributed by atoms with van der Waals surface area (Å²) in [6, 6.07) is 15.9. The molecule has 0 saturated carbocycles. The van der Waals surface area contributed by atoms with Gasteiger partial charge in [0.1, 0.15) is 6.10 Å². The van der Waals surface area contributed by atoms with E-state index in [0.717, 1.165) is 12.0 Å². The lowest BCUT2D eigenvalue weighted by atomic mass is 9.51. The van der Waals surface area contributed by atoms with Crippen molar-refractivity contribution in [2.75, 3.05) is 0 Å². The van der Waals surface area contributed by atoms with Gasteiger partial charge in [-0.25, -0.2) is 0 Å². The molecular formula is C22H24N4O2. The van der Waals surface area contributed by atoms with E-state index in [2.05, 4.69) is 18.2 Å². The summed E-state index contributed by atoms with van der Waals surface area (Å²) in [6.45, 7) is 5.76. The summed E-state index contributed by atoms with van der Waals surface area (Å²) < 4.78 is 12.4. The van der Waals surface area contributed by atoms with Crippen molar-refractivity contribution in [1.82, 2.24) is 0 Å². The van der Waals surface area contributed by atoms with Crippen molar-refractivity contribution in [2.45, 2.75) is 57.8 Å². The fraction of sp³-hybridized carbons (Fsp3) is 0.545. The third-order valence-electron chi connectivity index (χ3n) is 6.38. The molecule has 0 aromatic heterocycles. The Balaban J connectivity index is 2.28. The highest BCUT2D eigenvalue weighted by Gasteiger charge is 2.79. The average molecular weight is 376 g/mol. The molecule has 1 aromatic carbocycles. The zero-order chi connectivity index (χ0) is 20.6. The van der Waals surface area contributed by atoms with Crippen molar-refractivity contribution in [3.8, 4) is 18.2 Å². The van der Waals surface area contributed by atoms with Gasteiger partial charge in [0.05, 0.1) is 24.1 Å². The van der Waals surface area contributed by atoms with E-state index in [1.807, 2.05) is 51.1 Å². The van der Waals surface area contributed by atoms with E-state index in [9.17, 15) is 15.8 Å². The summed E-state index contributed by atoms with van der Waals surface area (Å²) in [7, 11) is 0. The molecule has 2 saturated heterocycles. The molecule has 2 bridgehead atoms. The monoisotopic (exact) mass is 376 g/mol. The second kappa shape index (κ2) is 6.93. The van der Waals surface area contributed by atoms with Gasteiger partial charge in [-0.1, -0.05) is 51.1 Å². The number of hydrogen-bond donors (Lipinski definition) is 1. The van der Waals surface area contributed by atoms with E-state index in [4.69, 9.17) is 14.9 Å². The van der Waals surface area contributed by atoms with E-state index in [0.29, 0.717) is 12.8 Å². The van der Waals surface area contributed by atoms with Crippen molar-refractivity contribution in [1.29, 1.82) is 21.2 Å². The van der Waals surface area contributed by atoms with Crippen LogP contribution in [-0.4, -0.2) is 17.8 Å². The molecule has 0 spiro atoms. The van der Waals surface area contributed by atoms with Gasteiger partial charge >= 0.3 is 0 Å². The molecule has 5 atom stereocenters. The summed E-state index contributed by atoms with van der Waals surface area (Å²) in [5.74, 6) is -2.38. The summed E-state index contributed by atoms with van der Waals surface area (Å²) in [4.78, 5) is 0. The Hall–Kier alpha value is -2.88. The van der Waals surface area contributed by atoms with Crippen LogP contribution in [0.3, 0.4) is 0 Å². The molecule has 144 valence electrons. The Morgan fingerprint density at radius 2 is 1.75 bits per heavy atom. The van der Waals surface area contributed by atoms with Gasteiger partial charge in [-0.05, 0) is 18.4 Å². The lowest BCUT2D eigenvalue weighted by Crippen LogP contribution is -2.63. The molecule has 0 radical (unpaired) electrons. The van der Waals surface area contributed by atoms with Crippen LogP contribution in [0, 0.1) is 56.2 Å². The second-order valence-electron chi connectivity index (χ2n) is 7.64. The van der Waals surface area contributed by atoms with Gasteiger partial charge in [-0.2, -0.15) is 15.8 Å². The minimum absolute atomic E-state index is 0.318. The van der Waals surface area contributed by atoms with Crippen LogP contribution in [0.25, 0.3) is 0 Å². The maximum absolute atomic E-state index is 10.3. The van der Waals surface area contributed by atoms with Crippen molar-refractivity contribution in [2.24, 2.45) is 16.7 Å². The molecule has 6 heteroatoms. The smallest absolute Gasteiger partial charge is 0.217 e. The predicted octanol–water partition coefficient (Wildman–Crippen LogP) is 4.26. The van der Waals surface area contributed by atoms with E-state index in [1.165, 1.54) is 0 Å². The third kappa shape index (κ3) is 2.24. The molecule has 1 N–H and O–H groups in total. The van der Waals surface area contributed by atoms with Crippen molar-refractivity contribution in [3.63, 3.8) is 0 Å². The lowest BCUT2D eigenvalue weighted by Gasteiger charge is -2.51. The molecule has 2 aliphatic heterocycles. The minimum Gasteiger partial charge on any atom is -0.447 e. The topological polar surface area (TPSA) is 114 Å². The maximum atomic E-state index is 10.3. The van der Waals surface area contributed by atoms with Crippen LogP contribution in [0.4, 0.5) is 0 Å². The quantitative estimate of drug-likeness (QED) is 0.824. The number of rotatable bonds is 5. The van der Waals surface area contributed by atoms with E-state index in [1.54, 1.807) is 0 Å². The SMILES string of the molecule is CCCC12OC(=N)C(C#N)(C1CC)C(C#N)(C#N)C(C(C)c1ccccc1)O2. The zero-order valence-electron chi connectivity index (χ0n) is 16.4. The average Bonchev–Trinajstić information content (AvgIpc) is 2.91. The van der Waals surface area contributed by atoms with Crippen LogP contribution >= 0.6 is 0 Å². The van der Waals surface area contributed by atoms with Crippen molar-refractivity contribution >= 4 is 5.90 Å². The summed E-state index contributed by atoms with van der Waals surface area (Å²) in [5, 5.41) is 39.2. The molecule has 5 unspecified atom stereocenters. The molecule has 28 heavy (non-hydrogen) atoms. The molecule has 1 aromatic rings. The van der Waals surface area contributed by atoms with Crippen LogP contribution in [0.1, 0.15) is 51.5 Å². The van der Waals surface area contributed by atoms with Gasteiger partial charge in [0.15, 0.2) is 10.8 Å². The first-order valence-electron chi connectivity index (χ1n) is 9.67. The van der Waals surface area contributed by atoms with Gasteiger partial charge in [0.25, 0.3) is 0 Å². The molecule has 2 aliphatic rings. The highest BCUT2D eigenvalue weighted by Crippen LogP contribution is 2.66. The first-order valence-corrected chi connectivity index (χ1v) is 9.67. The number of nitrogens with zero attached hydrogens (tertiary/aromatic N) is 3.